The van der Waals surface area contributed by atoms with Crippen LogP contribution in [0.1, 0.15) is 29.2 Å². The van der Waals surface area contributed by atoms with Crippen LogP contribution in [-0.4, -0.2) is 33.0 Å². The highest BCUT2D eigenvalue weighted by atomic mass is 16.5. The molecule has 0 saturated carbocycles. The van der Waals surface area contributed by atoms with E-state index in [0.29, 0.717) is 11.4 Å². The topological polar surface area (TPSA) is 77.2 Å². The van der Waals surface area contributed by atoms with Crippen molar-refractivity contribution in [3.8, 4) is 5.69 Å². The fraction of sp³-hybridized carbons (Fsp3) is 0.250. The van der Waals surface area contributed by atoms with Crippen molar-refractivity contribution in [2.75, 3.05) is 7.11 Å². The van der Waals surface area contributed by atoms with Crippen LogP contribution in [0.3, 0.4) is 0 Å². The highest BCUT2D eigenvalue weighted by Gasteiger charge is 2.16. The van der Waals surface area contributed by atoms with E-state index in [1.807, 2.05) is 0 Å². The molecule has 0 fully saturated rings. The normalized spacial score (nSPS) is 12.2. The van der Waals surface area contributed by atoms with Gasteiger partial charge < -0.3 is 9.84 Å². The number of aliphatic hydroxyl groups is 1. The largest absolute Gasteiger partial charge is 0.464 e. The number of aliphatic hydroxyl groups excluding tert-OH is 1. The van der Waals surface area contributed by atoms with Gasteiger partial charge in [-0.15, -0.1) is 0 Å². The number of carbonyl (C=O) groups is 1. The van der Waals surface area contributed by atoms with Crippen LogP contribution < -0.4 is 0 Å². The average molecular weight is 247 g/mol. The minimum absolute atomic E-state index is 0.157. The summed E-state index contributed by atoms with van der Waals surface area (Å²) in [7, 11) is 1.29. The number of carbonyl (C=O) groups excluding carboxylic acids is 1. The van der Waals surface area contributed by atoms with Gasteiger partial charge in [-0.25, -0.2) is 14.5 Å². The van der Waals surface area contributed by atoms with Gasteiger partial charge in [0.1, 0.15) is 5.69 Å². The number of rotatable bonds is 3. The van der Waals surface area contributed by atoms with E-state index in [4.69, 9.17) is 0 Å². The zero-order chi connectivity index (χ0) is 13.1. The average Bonchev–Trinajstić information content (AvgIpc) is 2.90. The second kappa shape index (κ2) is 4.97. The Bertz CT molecular complexity index is 550. The van der Waals surface area contributed by atoms with Crippen molar-refractivity contribution in [2.24, 2.45) is 0 Å². The summed E-state index contributed by atoms with van der Waals surface area (Å²) >= 11 is 0. The van der Waals surface area contributed by atoms with Gasteiger partial charge in [-0.1, -0.05) is 0 Å². The zero-order valence-corrected chi connectivity index (χ0v) is 10.1. The standard InChI is InChI=1S/C12H13N3O3/c1-8(16)11-10(15-7-3-6-13-15)5-4-9(14-11)12(17)18-2/h3-8,16H,1-2H3. The molecule has 1 unspecified atom stereocenters. The van der Waals surface area contributed by atoms with Crippen molar-refractivity contribution < 1.29 is 14.6 Å². The van der Waals surface area contributed by atoms with Crippen LogP contribution in [0.5, 0.6) is 0 Å². The molecular weight excluding hydrogens is 234 g/mol. The molecule has 0 saturated heterocycles. The first-order chi connectivity index (χ1) is 8.63. The first kappa shape index (κ1) is 12.3. The van der Waals surface area contributed by atoms with E-state index in [1.165, 1.54) is 13.2 Å². The third-order valence-electron chi connectivity index (χ3n) is 2.44. The van der Waals surface area contributed by atoms with Crippen LogP contribution in [0.4, 0.5) is 0 Å². The Labute approximate surface area is 104 Å². The van der Waals surface area contributed by atoms with Crippen LogP contribution in [0, 0.1) is 0 Å². The van der Waals surface area contributed by atoms with Gasteiger partial charge >= 0.3 is 5.97 Å². The smallest absolute Gasteiger partial charge is 0.356 e. The molecule has 0 aliphatic rings. The number of methoxy groups -OCH3 is 1. The van der Waals surface area contributed by atoms with Crippen molar-refractivity contribution in [2.45, 2.75) is 13.0 Å². The number of hydrogen-bond acceptors (Lipinski definition) is 5. The first-order valence-corrected chi connectivity index (χ1v) is 5.41. The summed E-state index contributed by atoms with van der Waals surface area (Å²) in [6, 6.07) is 4.98. The molecule has 6 heteroatoms. The summed E-state index contributed by atoms with van der Waals surface area (Å²) in [6.07, 6.45) is 2.55. The van der Waals surface area contributed by atoms with E-state index in [-0.39, 0.29) is 5.69 Å². The maximum Gasteiger partial charge on any atom is 0.356 e. The molecule has 0 spiro atoms. The molecule has 18 heavy (non-hydrogen) atoms. The fourth-order valence-electron chi connectivity index (χ4n) is 1.60. The number of ether oxygens (including phenoxy) is 1. The van der Waals surface area contributed by atoms with Gasteiger partial charge in [0.05, 0.1) is 24.6 Å². The van der Waals surface area contributed by atoms with E-state index >= 15 is 0 Å². The number of esters is 1. The molecule has 6 nitrogen and oxygen atoms in total. The molecule has 0 radical (unpaired) electrons. The van der Waals surface area contributed by atoms with Gasteiger partial charge in [0.25, 0.3) is 0 Å². The van der Waals surface area contributed by atoms with E-state index in [0.717, 1.165) is 0 Å². The Kier molecular flexibility index (Phi) is 3.38. The van der Waals surface area contributed by atoms with E-state index in [9.17, 15) is 9.90 Å². The lowest BCUT2D eigenvalue weighted by atomic mass is 10.2. The Morgan fingerprint density at radius 2 is 2.28 bits per heavy atom. The van der Waals surface area contributed by atoms with Crippen molar-refractivity contribution in [3.63, 3.8) is 0 Å². The second-order valence-corrected chi connectivity index (χ2v) is 3.72. The lowest BCUT2D eigenvalue weighted by molar-refractivity contribution is 0.0593. The summed E-state index contributed by atoms with van der Waals surface area (Å²) in [5, 5.41) is 13.8. The predicted molar refractivity (Wildman–Crippen MR) is 63.3 cm³/mol. The quantitative estimate of drug-likeness (QED) is 0.822. The van der Waals surface area contributed by atoms with Gasteiger partial charge in [-0.2, -0.15) is 5.10 Å². The molecule has 0 amide bonds. The van der Waals surface area contributed by atoms with Crippen molar-refractivity contribution in [1.29, 1.82) is 0 Å². The van der Waals surface area contributed by atoms with E-state index < -0.39 is 12.1 Å². The second-order valence-electron chi connectivity index (χ2n) is 3.72. The molecule has 2 heterocycles. The van der Waals surface area contributed by atoms with Gasteiger partial charge in [0.2, 0.25) is 0 Å². The SMILES string of the molecule is COC(=O)c1ccc(-n2cccn2)c(C(C)O)n1. The number of nitrogens with zero attached hydrogens (tertiary/aromatic N) is 3. The van der Waals surface area contributed by atoms with E-state index in [1.54, 1.807) is 36.1 Å². The van der Waals surface area contributed by atoms with Crippen LogP contribution in [0.2, 0.25) is 0 Å². The molecule has 94 valence electrons. The van der Waals surface area contributed by atoms with Crippen LogP contribution in [0.25, 0.3) is 5.69 Å². The van der Waals surface area contributed by atoms with Crippen LogP contribution in [0.15, 0.2) is 30.6 Å². The van der Waals surface area contributed by atoms with E-state index in [2.05, 4.69) is 14.8 Å². The summed E-state index contributed by atoms with van der Waals surface area (Å²) in [4.78, 5) is 15.5. The molecule has 0 aliphatic heterocycles. The molecule has 2 aromatic rings. The van der Waals surface area contributed by atoms with Gasteiger partial charge in [0.15, 0.2) is 0 Å². The molecule has 2 aromatic heterocycles. The Morgan fingerprint density at radius 1 is 1.50 bits per heavy atom. The highest BCUT2D eigenvalue weighted by molar-refractivity contribution is 5.87. The van der Waals surface area contributed by atoms with Gasteiger partial charge in [-0.3, -0.25) is 0 Å². The third kappa shape index (κ3) is 2.23. The molecule has 0 aromatic carbocycles. The van der Waals surface area contributed by atoms with Crippen molar-refractivity contribution in [3.05, 3.63) is 42.0 Å². The Morgan fingerprint density at radius 3 is 2.83 bits per heavy atom. The Hall–Kier alpha value is -2.21. The van der Waals surface area contributed by atoms with Crippen molar-refractivity contribution in [1.82, 2.24) is 14.8 Å². The fourth-order valence-corrected chi connectivity index (χ4v) is 1.60. The van der Waals surface area contributed by atoms with Crippen LogP contribution >= 0.6 is 0 Å². The van der Waals surface area contributed by atoms with Gasteiger partial charge in [-0.05, 0) is 25.1 Å². The Balaban J connectivity index is 2.52. The minimum atomic E-state index is -0.811. The maximum absolute atomic E-state index is 11.4. The minimum Gasteiger partial charge on any atom is -0.464 e. The summed E-state index contributed by atoms with van der Waals surface area (Å²) in [6.45, 7) is 1.58. The molecule has 0 bridgehead atoms. The highest BCUT2D eigenvalue weighted by Crippen LogP contribution is 2.19. The zero-order valence-electron chi connectivity index (χ0n) is 10.1. The molecule has 1 N–H and O–H groups in total. The summed E-state index contributed by atoms with van der Waals surface area (Å²) in [5.74, 6) is -0.538. The lowest BCUT2D eigenvalue weighted by Gasteiger charge is -2.12. The number of pyridine rings is 1. The van der Waals surface area contributed by atoms with Gasteiger partial charge in [0, 0.05) is 12.4 Å². The third-order valence-corrected chi connectivity index (χ3v) is 2.44. The summed E-state index contributed by atoms with van der Waals surface area (Å²) < 4.78 is 6.18. The molecule has 0 aliphatic carbocycles. The number of hydrogen-bond donors (Lipinski definition) is 1. The first-order valence-electron chi connectivity index (χ1n) is 5.41. The summed E-state index contributed by atoms with van der Waals surface area (Å²) in [5.41, 5.74) is 1.16. The maximum atomic E-state index is 11.4. The number of aromatic nitrogens is 3. The lowest BCUT2D eigenvalue weighted by Crippen LogP contribution is -2.11. The molecule has 2 rings (SSSR count). The molecule has 1 atom stereocenters. The monoisotopic (exact) mass is 247 g/mol. The predicted octanol–water partition coefficient (Wildman–Crippen LogP) is 1.11. The van der Waals surface area contributed by atoms with Crippen LogP contribution in [-0.2, 0) is 4.74 Å². The van der Waals surface area contributed by atoms with Crippen molar-refractivity contribution >= 4 is 5.97 Å². The molecular formula is C12H13N3O3.